The molecule has 0 aromatic heterocycles. The van der Waals surface area contributed by atoms with Crippen molar-refractivity contribution in [1.29, 1.82) is 0 Å². The highest BCUT2D eigenvalue weighted by Crippen LogP contribution is 2.31. The Hall–Kier alpha value is -1.75. The molecule has 2 heterocycles. The van der Waals surface area contributed by atoms with Gasteiger partial charge in [0.1, 0.15) is 0 Å². The average Bonchev–Trinajstić information content (AvgIpc) is 3.19. The van der Waals surface area contributed by atoms with Crippen LogP contribution in [0.1, 0.15) is 18.4 Å². The van der Waals surface area contributed by atoms with Gasteiger partial charge in [-0.25, -0.2) is 4.79 Å². The number of urea groups is 1. The number of hydrogen-bond acceptors (Lipinski definition) is 3. The zero-order valence-electron chi connectivity index (χ0n) is 14.3. The van der Waals surface area contributed by atoms with Gasteiger partial charge in [0.15, 0.2) is 0 Å². The first-order valence-electron chi connectivity index (χ1n) is 8.47. The summed E-state index contributed by atoms with van der Waals surface area (Å²) in [7, 11) is 4.03. The molecule has 3 rings (SSSR count). The molecule has 1 N–H and O–H groups in total. The van der Waals surface area contributed by atoms with Crippen molar-refractivity contribution in [2.45, 2.75) is 19.8 Å². The molecule has 2 amide bonds. The van der Waals surface area contributed by atoms with Crippen LogP contribution in [0.2, 0.25) is 0 Å². The molecule has 0 spiro atoms. The Kier molecular flexibility index (Phi) is 4.76. The van der Waals surface area contributed by atoms with Crippen LogP contribution in [0.5, 0.6) is 0 Å². The lowest BCUT2D eigenvalue weighted by Crippen LogP contribution is -2.34. The van der Waals surface area contributed by atoms with Crippen LogP contribution in [-0.2, 0) is 4.74 Å². The van der Waals surface area contributed by atoms with Gasteiger partial charge in [-0.05, 0) is 49.3 Å². The SMILES string of the molecule is Cc1c(NC(=O)N2CC[C@H]([C@@H]3CCOC3)C2)cccc1N(C)C. The first-order valence-corrected chi connectivity index (χ1v) is 8.47. The van der Waals surface area contributed by atoms with E-state index in [-0.39, 0.29) is 6.03 Å². The van der Waals surface area contributed by atoms with E-state index in [0.29, 0.717) is 11.8 Å². The predicted octanol–water partition coefficient (Wildman–Crippen LogP) is 2.95. The third-order valence-electron chi connectivity index (χ3n) is 5.17. The van der Waals surface area contributed by atoms with Gasteiger partial charge in [0.2, 0.25) is 0 Å². The first-order chi connectivity index (χ1) is 11.1. The second kappa shape index (κ2) is 6.79. The number of nitrogens with zero attached hydrogens (tertiary/aromatic N) is 2. The van der Waals surface area contributed by atoms with Crippen LogP contribution in [0.3, 0.4) is 0 Å². The van der Waals surface area contributed by atoms with Gasteiger partial charge in [0, 0.05) is 51.8 Å². The molecular weight excluding hydrogens is 290 g/mol. The second-order valence-electron chi connectivity index (χ2n) is 6.89. The molecule has 1 aromatic carbocycles. The van der Waals surface area contributed by atoms with Gasteiger partial charge in [-0.1, -0.05) is 6.07 Å². The smallest absolute Gasteiger partial charge is 0.321 e. The van der Waals surface area contributed by atoms with Crippen molar-refractivity contribution in [2.24, 2.45) is 11.8 Å². The van der Waals surface area contributed by atoms with E-state index >= 15 is 0 Å². The van der Waals surface area contributed by atoms with Gasteiger partial charge in [0.05, 0.1) is 0 Å². The topological polar surface area (TPSA) is 44.8 Å². The van der Waals surface area contributed by atoms with Crippen LogP contribution in [0, 0.1) is 18.8 Å². The summed E-state index contributed by atoms with van der Waals surface area (Å²) in [5, 5.41) is 3.09. The van der Waals surface area contributed by atoms with Gasteiger partial charge in [-0.15, -0.1) is 0 Å². The fourth-order valence-corrected chi connectivity index (χ4v) is 3.72. The maximum Gasteiger partial charge on any atom is 0.321 e. The summed E-state index contributed by atoms with van der Waals surface area (Å²) in [4.78, 5) is 16.6. The summed E-state index contributed by atoms with van der Waals surface area (Å²) < 4.78 is 5.49. The van der Waals surface area contributed by atoms with Crippen LogP contribution in [0.15, 0.2) is 18.2 Å². The summed E-state index contributed by atoms with van der Waals surface area (Å²) in [5.74, 6) is 1.23. The van der Waals surface area contributed by atoms with Crippen LogP contribution < -0.4 is 10.2 Å². The van der Waals surface area contributed by atoms with Gasteiger partial charge in [-0.2, -0.15) is 0 Å². The molecule has 2 aliphatic heterocycles. The van der Waals surface area contributed by atoms with E-state index in [4.69, 9.17) is 4.74 Å². The minimum absolute atomic E-state index is 0.0189. The summed E-state index contributed by atoms with van der Waals surface area (Å²) in [6.45, 7) is 5.49. The van der Waals surface area contributed by atoms with E-state index in [2.05, 4.69) is 16.3 Å². The summed E-state index contributed by atoms with van der Waals surface area (Å²) in [5.41, 5.74) is 3.13. The molecule has 23 heavy (non-hydrogen) atoms. The Morgan fingerprint density at radius 1 is 1.30 bits per heavy atom. The lowest BCUT2D eigenvalue weighted by Gasteiger charge is -2.22. The van der Waals surface area contributed by atoms with Crippen LogP contribution >= 0.6 is 0 Å². The number of benzene rings is 1. The monoisotopic (exact) mass is 317 g/mol. The molecule has 2 fully saturated rings. The Morgan fingerprint density at radius 3 is 2.83 bits per heavy atom. The van der Waals surface area contributed by atoms with Gasteiger partial charge >= 0.3 is 6.03 Å². The first kappa shape index (κ1) is 16.1. The summed E-state index contributed by atoms with van der Waals surface area (Å²) >= 11 is 0. The Balaban J connectivity index is 1.62. The van der Waals surface area contributed by atoms with Gasteiger partial charge in [0.25, 0.3) is 0 Å². The molecule has 1 aromatic rings. The summed E-state index contributed by atoms with van der Waals surface area (Å²) in [6, 6.07) is 6.04. The van der Waals surface area contributed by atoms with Crippen molar-refractivity contribution in [3.8, 4) is 0 Å². The van der Waals surface area contributed by atoms with Gasteiger partial charge < -0.3 is 19.9 Å². The second-order valence-corrected chi connectivity index (χ2v) is 6.89. The van der Waals surface area contributed by atoms with E-state index in [1.807, 2.05) is 38.1 Å². The van der Waals surface area contributed by atoms with Crippen LogP contribution in [0.4, 0.5) is 16.2 Å². The minimum Gasteiger partial charge on any atom is -0.381 e. The highest BCUT2D eigenvalue weighted by atomic mass is 16.5. The van der Waals surface area contributed by atoms with E-state index in [0.717, 1.165) is 56.1 Å². The van der Waals surface area contributed by atoms with E-state index < -0.39 is 0 Å². The quantitative estimate of drug-likeness (QED) is 0.932. The number of rotatable bonds is 3. The number of hydrogen-bond donors (Lipinski definition) is 1. The zero-order chi connectivity index (χ0) is 16.4. The highest BCUT2D eigenvalue weighted by molar-refractivity contribution is 5.91. The fraction of sp³-hybridized carbons (Fsp3) is 0.611. The third-order valence-corrected chi connectivity index (χ3v) is 5.17. The third kappa shape index (κ3) is 3.44. The maximum absolute atomic E-state index is 12.6. The van der Waals surface area contributed by atoms with Crippen molar-refractivity contribution in [2.75, 3.05) is 50.6 Å². The van der Waals surface area contributed by atoms with E-state index in [1.54, 1.807) is 0 Å². The van der Waals surface area contributed by atoms with Crippen molar-refractivity contribution >= 4 is 17.4 Å². The van der Waals surface area contributed by atoms with Crippen molar-refractivity contribution in [1.82, 2.24) is 4.90 Å². The number of carbonyl (C=O) groups is 1. The Bertz CT molecular complexity index is 567. The number of anilines is 2. The molecule has 0 aliphatic carbocycles. The number of likely N-dealkylation sites (tertiary alicyclic amines) is 1. The molecule has 2 saturated heterocycles. The molecule has 0 radical (unpaired) electrons. The van der Waals surface area contributed by atoms with Gasteiger partial charge in [-0.3, -0.25) is 0 Å². The number of nitrogens with one attached hydrogen (secondary N) is 1. The molecule has 0 saturated carbocycles. The summed E-state index contributed by atoms with van der Waals surface area (Å²) in [6.07, 6.45) is 2.24. The molecular formula is C18H27N3O2. The molecule has 2 aliphatic rings. The largest absolute Gasteiger partial charge is 0.381 e. The Morgan fingerprint density at radius 2 is 2.13 bits per heavy atom. The van der Waals surface area contributed by atoms with Crippen molar-refractivity contribution in [3.63, 3.8) is 0 Å². The number of amides is 2. The van der Waals surface area contributed by atoms with Crippen LogP contribution in [-0.4, -0.2) is 51.3 Å². The highest BCUT2D eigenvalue weighted by Gasteiger charge is 2.33. The standard InChI is InChI=1S/C18H27N3O2/c1-13-16(5-4-6-17(13)20(2)3)19-18(22)21-9-7-14(11-21)15-8-10-23-12-15/h4-6,14-15H,7-12H2,1-3H3,(H,19,22)/t14-,15+/m0/s1. The number of ether oxygens (including phenoxy) is 1. The Labute approximate surface area is 138 Å². The number of carbonyl (C=O) groups excluding carboxylic acids is 1. The lowest BCUT2D eigenvalue weighted by atomic mass is 9.91. The lowest BCUT2D eigenvalue weighted by molar-refractivity contribution is 0.171. The van der Waals surface area contributed by atoms with E-state index in [9.17, 15) is 4.79 Å². The fourth-order valence-electron chi connectivity index (χ4n) is 3.72. The molecule has 2 atom stereocenters. The minimum atomic E-state index is 0.0189. The van der Waals surface area contributed by atoms with E-state index in [1.165, 1.54) is 0 Å². The van der Waals surface area contributed by atoms with Crippen LogP contribution in [0.25, 0.3) is 0 Å². The molecule has 5 heteroatoms. The predicted molar refractivity (Wildman–Crippen MR) is 93.1 cm³/mol. The maximum atomic E-state index is 12.6. The van der Waals surface area contributed by atoms with Crippen molar-refractivity contribution in [3.05, 3.63) is 23.8 Å². The van der Waals surface area contributed by atoms with Crippen molar-refractivity contribution < 1.29 is 9.53 Å². The molecule has 126 valence electrons. The molecule has 0 bridgehead atoms. The molecule has 5 nitrogen and oxygen atoms in total. The normalized spacial score (nSPS) is 24.0. The zero-order valence-corrected chi connectivity index (χ0v) is 14.3. The average molecular weight is 317 g/mol. The molecule has 0 unspecified atom stereocenters.